The highest BCUT2D eigenvalue weighted by Crippen LogP contribution is 2.28. The fourth-order valence-electron chi connectivity index (χ4n) is 2.77. The van der Waals surface area contributed by atoms with E-state index in [2.05, 4.69) is 29.8 Å². The highest BCUT2D eigenvalue weighted by Gasteiger charge is 2.14. The molecule has 0 bridgehead atoms. The molecular formula is C19H20N2O2. The molecule has 118 valence electrons. The van der Waals surface area contributed by atoms with Crippen LogP contribution in [0, 0.1) is 0 Å². The maximum atomic E-state index is 12.6. The minimum absolute atomic E-state index is 0.174. The summed E-state index contributed by atoms with van der Waals surface area (Å²) in [5.74, 6) is 0.393. The van der Waals surface area contributed by atoms with Crippen molar-refractivity contribution >= 4 is 22.5 Å². The van der Waals surface area contributed by atoms with Crippen LogP contribution in [0.25, 0.3) is 10.9 Å². The molecule has 0 spiro atoms. The van der Waals surface area contributed by atoms with Crippen LogP contribution in [0.1, 0.15) is 30.2 Å². The first-order chi connectivity index (χ1) is 11.1. The maximum absolute atomic E-state index is 12.6. The Hall–Kier alpha value is -2.75. The number of benzene rings is 2. The van der Waals surface area contributed by atoms with E-state index in [1.807, 2.05) is 36.5 Å². The van der Waals surface area contributed by atoms with Gasteiger partial charge in [-0.2, -0.15) is 0 Å². The molecule has 4 heteroatoms. The van der Waals surface area contributed by atoms with Gasteiger partial charge in [-0.3, -0.25) is 4.79 Å². The second-order valence-corrected chi connectivity index (χ2v) is 5.71. The Balaban J connectivity index is 1.97. The molecule has 0 atom stereocenters. The Morgan fingerprint density at radius 1 is 1.09 bits per heavy atom. The van der Waals surface area contributed by atoms with E-state index in [9.17, 15) is 4.79 Å². The van der Waals surface area contributed by atoms with Crippen molar-refractivity contribution in [2.45, 2.75) is 19.9 Å². The number of amides is 1. The number of ether oxygens (including phenoxy) is 1. The molecule has 23 heavy (non-hydrogen) atoms. The van der Waals surface area contributed by atoms with Gasteiger partial charge in [0.2, 0.25) is 0 Å². The topological polar surface area (TPSA) is 43.3 Å². The smallest absolute Gasteiger partial charge is 0.259 e. The third-order valence-electron chi connectivity index (χ3n) is 3.92. The van der Waals surface area contributed by atoms with Gasteiger partial charge >= 0.3 is 0 Å². The number of carbonyl (C=O) groups excluding carboxylic acids is 1. The molecule has 0 aliphatic heterocycles. The third kappa shape index (κ3) is 2.80. The van der Waals surface area contributed by atoms with Gasteiger partial charge < -0.3 is 14.6 Å². The summed E-state index contributed by atoms with van der Waals surface area (Å²) in [4.78, 5) is 12.6. The number of nitrogens with one attached hydrogen (secondary N) is 1. The molecule has 1 N–H and O–H groups in total. The molecule has 4 nitrogen and oxygen atoms in total. The highest BCUT2D eigenvalue weighted by molar-refractivity contribution is 6.10. The van der Waals surface area contributed by atoms with Crippen LogP contribution < -0.4 is 10.1 Å². The van der Waals surface area contributed by atoms with Crippen LogP contribution >= 0.6 is 0 Å². The zero-order valence-electron chi connectivity index (χ0n) is 13.5. The van der Waals surface area contributed by atoms with Gasteiger partial charge in [0.25, 0.3) is 5.91 Å². The van der Waals surface area contributed by atoms with Crippen LogP contribution in [0.15, 0.2) is 54.7 Å². The van der Waals surface area contributed by atoms with Crippen LogP contribution in [0.2, 0.25) is 0 Å². The molecule has 2 aromatic carbocycles. The summed E-state index contributed by atoms with van der Waals surface area (Å²) in [6.45, 7) is 4.28. The summed E-state index contributed by atoms with van der Waals surface area (Å²) in [5.41, 5.74) is 2.44. The minimum atomic E-state index is -0.174. The predicted octanol–water partition coefficient (Wildman–Crippen LogP) is 4.48. The summed E-state index contributed by atoms with van der Waals surface area (Å²) in [7, 11) is 1.57. The van der Waals surface area contributed by atoms with E-state index in [-0.39, 0.29) is 5.91 Å². The quantitative estimate of drug-likeness (QED) is 0.772. The van der Waals surface area contributed by atoms with Crippen molar-refractivity contribution in [1.29, 1.82) is 0 Å². The molecule has 0 radical (unpaired) electrons. The van der Waals surface area contributed by atoms with Gasteiger partial charge in [0, 0.05) is 17.6 Å². The number of hydrogen-bond donors (Lipinski definition) is 1. The van der Waals surface area contributed by atoms with Gasteiger partial charge in [-0.15, -0.1) is 0 Å². The van der Waals surface area contributed by atoms with Crippen LogP contribution in [0.5, 0.6) is 5.75 Å². The molecule has 0 aliphatic carbocycles. The SMILES string of the molecule is COc1ccccc1C(=O)Nc1cccc2c1ccn2C(C)C. The van der Waals surface area contributed by atoms with Crippen molar-refractivity contribution < 1.29 is 9.53 Å². The lowest BCUT2D eigenvalue weighted by Crippen LogP contribution is -2.13. The van der Waals surface area contributed by atoms with Crippen LogP contribution in [0.4, 0.5) is 5.69 Å². The van der Waals surface area contributed by atoms with E-state index in [4.69, 9.17) is 4.74 Å². The third-order valence-corrected chi connectivity index (χ3v) is 3.92. The molecule has 3 rings (SSSR count). The average molecular weight is 308 g/mol. The molecule has 1 heterocycles. The Bertz CT molecular complexity index is 849. The van der Waals surface area contributed by atoms with Gasteiger partial charge in [0.1, 0.15) is 5.75 Å². The van der Waals surface area contributed by atoms with Gasteiger partial charge in [-0.25, -0.2) is 0 Å². The number of anilines is 1. The zero-order valence-corrected chi connectivity index (χ0v) is 13.5. The van der Waals surface area contributed by atoms with Crippen molar-refractivity contribution in [1.82, 2.24) is 4.57 Å². The fourth-order valence-corrected chi connectivity index (χ4v) is 2.77. The highest BCUT2D eigenvalue weighted by atomic mass is 16.5. The Morgan fingerprint density at radius 2 is 1.87 bits per heavy atom. The molecule has 1 amide bonds. The van der Waals surface area contributed by atoms with E-state index in [0.29, 0.717) is 17.4 Å². The number of methoxy groups -OCH3 is 1. The van der Waals surface area contributed by atoms with E-state index >= 15 is 0 Å². The maximum Gasteiger partial charge on any atom is 0.259 e. The number of fused-ring (bicyclic) bond motifs is 1. The first kappa shape index (κ1) is 15.2. The zero-order chi connectivity index (χ0) is 16.4. The van der Waals surface area contributed by atoms with Crippen LogP contribution in [-0.2, 0) is 0 Å². The summed E-state index contributed by atoms with van der Waals surface area (Å²) in [6.07, 6.45) is 2.05. The Morgan fingerprint density at radius 3 is 2.61 bits per heavy atom. The number of hydrogen-bond acceptors (Lipinski definition) is 2. The van der Waals surface area contributed by atoms with Gasteiger partial charge in [-0.05, 0) is 44.2 Å². The summed E-state index contributed by atoms with van der Waals surface area (Å²) < 4.78 is 7.45. The minimum Gasteiger partial charge on any atom is -0.496 e. The first-order valence-electron chi connectivity index (χ1n) is 7.65. The lowest BCUT2D eigenvalue weighted by Gasteiger charge is -2.12. The van der Waals surface area contributed by atoms with Crippen molar-refractivity contribution in [3.63, 3.8) is 0 Å². The number of rotatable bonds is 4. The van der Waals surface area contributed by atoms with Crippen LogP contribution in [-0.4, -0.2) is 17.6 Å². The number of carbonyl (C=O) groups is 1. The summed E-state index contributed by atoms with van der Waals surface area (Å²) in [6, 6.07) is 15.6. The van der Waals surface area contributed by atoms with Gasteiger partial charge in [-0.1, -0.05) is 18.2 Å². The van der Waals surface area contributed by atoms with Gasteiger partial charge in [0.05, 0.1) is 23.9 Å². The number of nitrogens with zero attached hydrogens (tertiary/aromatic N) is 1. The molecular weight excluding hydrogens is 288 g/mol. The van der Waals surface area contributed by atoms with E-state index in [1.165, 1.54) is 0 Å². The molecule has 1 aromatic heterocycles. The fraction of sp³-hybridized carbons (Fsp3) is 0.211. The monoisotopic (exact) mass is 308 g/mol. The van der Waals surface area contributed by atoms with Gasteiger partial charge in [0.15, 0.2) is 0 Å². The molecule has 3 aromatic rings. The van der Waals surface area contributed by atoms with E-state index < -0.39 is 0 Å². The molecule has 0 saturated carbocycles. The van der Waals surface area contributed by atoms with Crippen LogP contribution in [0.3, 0.4) is 0 Å². The second kappa shape index (κ2) is 6.16. The largest absolute Gasteiger partial charge is 0.496 e. The molecule has 0 saturated heterocycles. The molecule has 0 fully saturated rings. The van der Waals surface area contributed by atoms with Crippen molar-refractivity contribution in [2.24, 2.45) is 0 Å². The molecule has 0 unspecified atom stereocenters. The number of para-hydroxylation sites is 1. The second-order valence-electron chi connectivity index (χ2n) is 5.71. The average Bonchev–Trinajstić information content (AvgIpc) is 3.00. The summed E-state index contributed by atoms with van der Waals surface area (Å²) in [5, 5.41) is 4.03. The lowest BCUT2D eigenvalue weighted by molar-refractivity contribution is 0.102. The normalized spacial score (nSPS) is 11.0. The first-order valence-corrected chi connectivity index (χ1v) is 7.65. The summed E-state index contributed by atoms with van der Waals surface area (Å²) >= 11 is 0. The standard InChI is InChI=1S/C19H20N2O2/c1-13(2)21-12-11-14-16(8-6-9-17(14)21)20-19(22)15-7-4-5-10-18(15)23-3/h4-13H,1-3H3,(H,20,22). The van der Waals surface area contributed by atoms with Crippen molar-refractivity contribution in [3.8, 4) is 5.75 Å². The predicted molar refractivity (Wildman–Crippen MR) is 93.3 cm³/mol. The van der Waals surface area contributed by atoms with Crippen molar-refractivity contribution in [3.05, 3.63) is 60.3 Å². The Labute approximate surface area is 135 Å². The molecule has 0 aliphatic rings. The lowest BCUT2D eigenvalue weighted by atomic mass is 10.1. The van der Waals surface area contributed by atoms with E-state index in [0.717, 1.165) is 16.6 Å². The Kier molecular flexibility index (Phi) is 4.06. The number of aromatic nitrogens is 1. The van der Waals surface area contributed by atoms with Crippen molar-refractivity contribution in [2.75, 3.05) is 12.4 Å². The van der Waals surface area contributed by atoms with E-state index in [1.54, 1.807) is 19.2 Å².